The molecule has 12 heavy (non-hydrogen) atoms. The van der Waals surface area contributed by atoms with Gasteiger partial charge in [-0.15, -0.1) is 6.58 Å². The van der Waals surface area contributed by atoms with Gasteiger partial charge < -0.3 is 9.15 Å². The van der Waals surface area contributed by atoms with Crippen LogP contribution in [0.2, 0.25) is 0 Å². The summed E-state index contributed by atoms with van der Waals surface area (Å²) >= 11 is 0. The average Bonchev–Trinajstić information content (AvgIpc) is 2.53. The number of nitriles is 1. The Kier molecular flexibility index (Phi) is 3.12. The van der Waals surface area contributed by atoms with Gasteiger partial charge in [0.2, 0.25) is 5.76 Å². The molecule has 0 saturated heterocycles. The van der Waals surface area contributed by atoms with Crippen LogP contribution in [0.5, 0.6) is 0 Å². The van der Waals surface area contributed by atoms with E-state index >= 15 is 0 Å². The SMILES string of the molecule is C=CCOCc1ccc(C#N)o1. The van der Waals surface area contributed by atoms with Gasteiger partial charge in [-0.05, 0) is 12.1 Å². The Bertz CT molecular complexity index is 296. The topological polar surface area (TPSA) is 46.2 Å². The Balaban J connectivity index is 2.43. The molecule has 3 heteroatoms. The van der Waals surface area contributed by atoms with Crippen LogP contribution in [0, 0.1) is 11.3 Å². The van der Waals surface area contributed by atoms with Crippen LogP contribution in [0.1, 0.15) is 11.5 Å². The van der Waals surface area contributed by atoms with Crippen molar-refractivity contribution in [2.45, 2.75) is 6.61 Å². The van der Waals surface area contributed by atoms with Crippen LogP contribution in [-0.4, -0.2) is 6.61 Å². The lowest BCUT2D eigenvalue weighted by atomic mass is 10.4. The lowest BCUT2D eigenvalue weighted by Gasteiger charge is -1.95. The maximum Gasteiger partial charge on any atom is 0.203 e. The molecule has 0 saturated carbocycles. The molecule has 0 radical (unpaired) electrons. The van der Waals surface area contributed by atoms with Gasteiger partial charge >= 0.3 is 0 Å². The van der Waals surface area contributed by atoms with Gasteiger partial charge in [0.1, 0.15) is 18.4 Å². The van der Waals surface area contributed by atoms with Gasteiger partial charge in [0.05, 0.1) is 6.61 Å². The van der Waals surface area contributed by atoms with Gasteiger partial charge in [0.15, 0.2) is 0 Å². The van der Waals surface area contributed by atoms with Crippen molar-refractivity contribution in [2.24, 2.45) is 0 Å². The molecule has 0 fully saturated rings. The zero-order valence-corrected chi connectivity index (χ0v) is 6.62. The minimum Gasteiger partial charge on any atom is -0.448 e. The summed E-state index contributed by atoms with van der Waals surface area (Å²) in [5, 5.41) is 8.42. The fourth-order valence-electron chi connectivity index (χ4n) is 0.758. The predicted octanol–water partition coefficient (Wildman–Crippen LogP) is 1.85. The van der Waals surface area contributed by atoms with Crippen molar-refractivity contribution in [3.05, 3.63) is 36.3 Å². The van der Waals surface area contributed by atoms with Crippen molar-refractivity contribution in [3.8, 4) is 6.07 Å². The van der Waals surface area contributed by atoms with E-state index in [2.05, 4.69) is 6.58 Å². The summed E-state index contributed by atoms with van der Waals surface area (Å²) in [5.74, 6) is 0.973. The van der Waals surface area contributed by atoms with Crippen LogP contribution in [0.4, 0.5) is 0 Å². The Morgan fingerprint density at radius 1 is 1.67 bits per heavy atom. The van der Waals surface area contributed by atoms with Gasteiger partial charge in [-0.1, -0.05) is 6.08 Å². The maximum absolute atomic E-state index is 8.42. The molecule has 1 aromatic rings. The fraction of sp³-hybridized carbons (Fsp3) is 0.222. The molecule has 0 aromatic carbocycles. The largest absolute Gasteiger partial charge is 0.448 e. The first kappa shape index (κ1) is 8.57. The first-order valence-corrected chi connectivity index (χ1v) is 3.54. The summed E-state index contributed by atoms with van der Waals surface area (Å²) in [6.45, 7) is 4.38. The first-order valence-electron chi connectivity index (χ1n) is 3.54. The molecule has 0 bridgehead atoms. The van der Waals surface area contributed by atoms with Crippen molar-refractivity contribution in [1.29, 1.82) is 5.26 Å². The molecular weight excluding hydrogens is 154 g/mol. The van der Waals surface area contributed by atoms with E-state index in [1.54, 1.807) is 18.2 Å². The van der Waals surface area contributed by atoms with Crippen LogP contribution in [0.15, 0.2) is 29.2 Å². The molecule has 62 valence electrons. The number of nitrogens with zero attached hydrogens (tertiary/aromatic N) is 1. The zero-order chi connectivity index (χ0) is 8.81. The molecule has 0 amide bonds. The highest BCUT2D eigenvalue weighted by Crippen LogP contribution is 2.07. The molecule has 0 unspecified atom stereocenters. The van der Waals surface area contributed by atoms with Crippen molar-refractivity contribution in [1.82, 2.24) is 0 Å². The third kappa shape index (κ3) is 2.26. The van der Waals surface area contributed by atoms with Crippen molar-refractivity contribution < 1.29 is 9.15 Å². The quantitative estimate of drug-likeness (QED) is 0.502. The molecule has 3 nitrogen and oxygen atoms in total. The lowest BCUT2D eigenvalue weighted by molar-refractivity contribution is 0.131. The highest BCUT2D eigenvalue weighted by Gasteiger charge is 1.99. The number of ether oxygens (including phenoxy) is 1. The molecule has 1 heterocycles. The van der Waals surface area contributed by atoms with E-state index < -0.39 is 0 Å². The Morgan fingerprint density at radius 2 is 2.50 bits per heavy atom. The van der Waals surface area contributed by atoms with Gasteiger partial charge in [-0.2, -0.15) is 5.26 Å². The maximum atomic E-state index is 8.42. The van der Waals surface area contributed by atoms with Crippen LogP contribution < -0.4 is 0 Å². The zero-order valence-electron chi connectivity index (χ0n) is 6.62. The minimum absolute atomic E-state index is 0.312. The number of furan rings is 1. The third-order valence-corrected chi connectivity index (χ3v) is 1.25. The van der Waals surface area contributed by atoms with Gasteiger partial charge in [-0.3, -0.25) is 0 Å². The second-order valence-corrected chi connectivity index (χ2v) is 2.18. The molecule has 0 N–H and O–H groups in total. The highest BCUT2D eigenvalue weighted by molar-refractivity contribution is 5.18. The Morgan fingerprint density at radius 3 is 3.08 bits per heavy atom. The van der Waals surface area contributed by atoms with E-state index in [0.29, 0.717) is 24.7 Å². The summed E-state index contributed by atoms with van der Waals surface area (Å²) in [4.78, 5) is 0. The molecular formula is C9H9NO2. The van der Waals surface area contributed by atoms with E-state index in [1.165, 1.54) is 0 Å². The summed E-state index contributed by atoms with van der Waals surface area (Å²) in [6.07, 6.45) is 1.66. The summed E-state index contributed by atoms with van der Waals surface area (Å²) < 4.78 is 10.2. The van der Waals surface area contributed by atoms with Crippen LogP contribution in [0.25, 0.3) is 0 Å². The summed E-state index contributed by atoms with van der Waals surface area (Å²) in [6, 6.07) is 5.24. The number of hydrogen-bond acceptors (Lipinski definition) is 3. The minimum atomic E-state index is 0.312. The molecule has 1 rings (SSSR count). The predicted molar refractivity (Wildman–Crippen MR) is 43.3 cm³/mol. The van der Waals surface area contributed by atoms with E-state index in [4.69, 9.17) is 14.4 Å². The number of rotatable bonds is 4. The molecule has 1 aromatic heterocycles. The van der Waals surface area contributed by atoms with E-state index in [0.717, 1.165) is 0 Å². The van der Waals surface area contributed by atoms with Crippen LogP contribution in [-0.2, 0) is 11.3 Å². The Hall–Kier alpha value is -1.53. The normalized spacial score (nSPS) is 9.25. The Labute approximate surface area is 70.9 Å². The average molecular weight is 163 g/mol. The smallest absolute Gasteiger partial charge is 0.203 e. The number of hydrogen-bond donors (Lipinski definition) is 0. The fourth-order valence-corrected chi connectivity index (χ4v) is 0.758. The van der Waals surface area contributed by atoms with Crippen LogP contribution in [0.3, 0.4) is 0 Å². The highest BCUT2D eigenvalue weighted by atomic mass is 16.5. The lowest BCUT2D eigenvalue weighted by Crippen LogP contribution is -1.89. The monoisotopic (exact) mass is 163 g/mol. The van der Waals surface area contributed by atoms with Gasteiger partial charge in [0, 0.05) is 0 Å². The molecule has 0 aliphatic heterocycles. The molecule has 0 aliphatic rings. The summed E-state index contributed by atoms with van der Waals surface area (Å²) in [5.41, 5.74) is 0. The molecule has 0 atom stereocenters. The van der Waals surface area contributed by atoms with Gasteiger partial charge in [0.25, 0.3) is 0 Å². The summed E-state index contributed by atoms with van der Waals surface area (Å²) in [7, 11) is 0. The van der Waals surface area contributed by atoms with Crippen molar-refractivity contribution in [2.75, 3.05) is 6.61 Å². The third-order valence-electron chi connectivity index (χ3n) is 1.25. The molecule has 0 aliphatic carbocycles. The van der Waals surface area contributed by atoms with Crippen molar-refractivity contribution >= 4 is 0 Å². The van der Waals surface area contributed by atoms with Crippen molar-refractivity contribution in [3.63, 3.8) is 0 Å². The second-order valence-electron chi connectivity index (χ2n) is 2.18. The molecule has 0 spiro atoms. The van der Waals surface area contributed by atoms with E-state index in [-0.39, 0.29) is 0 Å². The second kappa shape index (κ2) is 4.37. The standard InChI is InChI=1S/C9H9NO2/c1-2-5-11-7-9-4-3-8(6-10)12-9/h2-4H,1,5,7H2. The van der Waals surface area contributed by atoms with Crippen LogP contribution >= 0.6 is 0 Å². The first-order chi connectivity index (χ1) is 5.86. The van der Waals surface area contributed by atoms with E-state index in [9.17, 15) is 0 Å². The van der Waals surface area contributed by atoms with E-state index in [1.807, 2.05) is 6.07 Å². The van der Waals surface area contributed by atoms with Gasteiger partial charge in [-0.25, -0.2) is 0 Å².